The average molecular weight is 362 g/mol. The molecule has 6 nitrogen and oxygen atoms in total. The third kappa shape index (κ3) is 2.75. The van der Waals surface area contributed by atoms with Gasteiger partial charge in [-0.1, -0.05) is 12.1 Å². The van der Waals surface area contributed by atoms with Gasteiger partial charge in [0.2, 0.25) is 5.75 Å². The van der Waals surface area contributed by atoms with Crippen molar-refractivity contribution in [2.45, 2.75) is 6.54 Å². The van der Waals surface area contributed by atoms with Crippen LogP contribution in [0.25, 0.3) is 21.9 Å². The molecule has 0 aliphatic carbocycles. The molecule has 6 heteroatoms. The summed E-state index contributed by atoms with van der Waals surface area (Å²) in [7, 11) is 2.98. The second kappa shape index (κ2) is 6.64. The van der Waals surface area contributed by atoms with E-state index in [1.54, 1.807) is 30.5 Å². The summed E-state index contributed by atoms with van der Waals surface area (Å²) < 4.78 is 12.5. The molecule has 136 valence electrons. The summed E-state index contributed by atoms with van der Waals surface area (Å²) in [6, 6.07) is 14.5. The van der Waals surface area contributed by atoms with Crippen LogP contribution >= 0.6 is 0 Å². The van der Waals surface area contributed by atoms with E-state index in [4.69, 9.17) is 9.47 Å². The minimum Gasteiger partial charge on any atom is -0.502 e. The van der Waals surface area contributed by atoms with E-state index in [1.165, 1.54) is 14.2 Å². The van der Waals surface area contributed by atoms with Gasteiger partial charge in [0.1, 0.15) is 5.65 Å². The number of phenols is 1. The summed E-state index contributed by atoms with van der Waals surface area (Å²) in [5.41, 5.74) is 2.21. The molecule has 1 N–H and O–H groups in total. The smallest absolute Gasteiger partial charge is 0.200 e. The number of nitrogens with zero attached hydrogens (tertiary/aromatic N) is 2. The summed E-state index contributed by atoms with van der Waals surface area (Å²) in [5.74, 6) is 0.607. The Labute approximate surface area is 155 Å². The van der Waals surface area contributed by atoms with Crippen molar-refractivity contribution in [1.29, 1.82) is 0 Å². The first kappa shape index (κ1) is 16.9. The van der Waals surface area contributed by atoms with Crippen LogP contribution in [0.15, 0.2) is 59.5 Å². The molecule has 27 heavy (non-hydrogen) atoms. The lowest BCUT2D eigenvalue weighted by Crippen LogP contribution is -2.13. The highest BCUT2D eigenvalue weighted by Gasteiger charge is 2.15. The van der Waals surface area contributed by atoms with Crippen molar-refractivity contribution in [1.82, 2.24) is 9.55 Å². The van der Waals surface area contributed by atoms with Gasteiger partial charge in [0, 0.05) is 18.1 Å². The van der Waals surface area contributed by atoms with Crippen molar-refractivity contribution in [2.75, 3.05) is 14.2 Å². The molecule has 0 spiro atoms. The summed E-state index contributed by atoms with van der Waals surface area (Å²) >= 11 is 0. The minimum atomic E-state index is -0.0449. The Balaban J connectivity index is 1.99. The van der Waals surface area contributed by atoms with Crippen LogP contribution in [-0.4, -0.2) is 28.9 Å². The van der Waals surface area contributed by atoms with Crippen LogP contribution in [0.1, 0.15) is 5.56 Å². The molecule has 2 heterocycles. The first-order valence-corrected chi connectivity index (χ1v) is 8.44. The number of hydrogen-bond donors (Lipinski definition) is 1. The number of hydrogen-bond acceptors (Lipinski definition) is 5. The maximum Gasteiger partial charge on any atom is 0.200 e. The summed E-state index contributed by atoms with van der Waals surface area (Å²) in [6.07, 6.45) is 1.67. The van der Waals surface area contributed by atoms with Crippen molar-refractivity contribution in [3.05, 3.63) is 70.5 Å². The minimum absolute atomic E-state index is 0.0363. The van der Waals surface area contributed by atoms with E-state index in [2.05, 4.69) is 4.98 Å². The van der Waals surface area contributed by atoms with Gasteiger partial charge in [0.25, 0.3) is 0 Å². The van der Waals surface area contributed by atoms with Crippen molar-refractivity contribution in [3.8, 4) is 17.2 Å². The average Bonchev–Trinajstić information content (AvgIpc) is 2.72. The molecule has 0 aliphatic heterocycles. The molecule has 0 aliphatic rings. The number of benzene rings is 2. The molecule has 0 amide bonds. The Morgan fingerprint density at radius 3 is 2.37 bits per heavy atom. The lowest BCUT2D eigenvalue weighted by atomic mass is 10.1. The fourth-order valence-corrected chi connectivity index (χ4v) is 3.33. The topological polar surface area (TPSA) is 73.6 Å². The predicted molar refractivity (Wildman–Crippen MR) is 104 cm³/mol. The number of aromatic nitrogens is 2. The largest absolute Gasteiger partial charge is 0.502 e. The van der Waals surface area contributed by atoms with Gasteiger partial charge in [0.15, 0.2) is 16.9 Å². The van der Waals surface area contributed by atoms with Crippen molar-refractivity contribution >= 4 is 21.9 Å². The zero-order valence-electron chi connectivity index (χ0n) is 15.0. The van der Waals surface area contributed by atoms with Crippen LogP contribution < -0.4 is 14.9 Å². The van der Waals surface area contributed by atoms with Crippen molar-refractivity contribution in [3.63, 3.8) is 0 Å². The molecule has 2 aromatic carbocycles. The van der Waals surface area contributed by atoms with Crippen LogP contribution in [0, 0.1) is 0 Å². The maximum absolute atomic E-state index is 12.8. The molecule has 0 saturated heterocycles. The third-order valence-corrected chi connectivity index (χ3v) is 4.61. The molecule has 0 unspecified atom stereocenters. The molecule has 0 saturated carbocycles. The fourth-order valence-electron chi connectivity index (χ4n) is 3.33. The Bertz CT molecular complexity index is 1130. The van der Waals surface area contributed by atoms with E-state index in [9.17, 15) is 9.90 Å². The first-order chi connectivity index (χ1) is 13.1. The number of aromatic hydroxyl groups is 1. The van der Waals surface area contributed by atoms with Gasteiger partial charge in [-0.3, -0.25) is 4.79 Å². The summed E-state index contributed by atoms with van der Waals surface area (Å²) in [6.45, 7) is 0.432. The van der Waals surface area contributed by atoms with Crippen LogP contribution in [-0.2, 0) is 6.54 Å². The van der Waals surface area contributed by atoms with Crippen molar-refractivity contribution < 1.29 is 14.6 Å². The Hall–Kier alpha value is -3.54. The van der Waals surface area contributed by atoms with Crippen LogP contribution in [0.4, 0.5) is 0 Å². The lowest BCUT2D eigenvalue weighted by Gasteiger charge is -2.16. The number of pyridine rings is 2. The molecule has 2 aromatic heterocycles. The highest BCUT2D eigenvalue weighted by molar-refractivity contribution is 5.91. The molecule has 0 fully saturated rings. The first-order valence-electron chi connectivity index (χ1n) is 8.44. The second-order valence-corrected chi connectivity index (χ2v) is 6.16. The van der Waals surface area contributed by atoms with Crippen LogP contribution in [0.3, 0.4) is 0 Å². The van der Waals surface area contributed by atoms with Gasteiger partial charge in [-0.25, -0.2) is 4.98 Å². The van der Waals surface area contributed by atoms with Crippen LogP contribution in [0.5, 0.6) is 17.2 Å². The van der Waals surface area contributed by atoms with Crippen molar-refractivity contribution in [2.24, 2.45) is 0 Å². The van der Waals surface area contributed by atoms with Gasteiger partial charge in [0.05, 0.1) is 25.1 Å². The number of ether oxygens (including phenoxy) is 2. The fraction of sp³-hybridized carbons (Fsp3) is 0.143. The Morgan fingerprint density at radius 2 is 1.67 bits per heavy atom. The van der Waals surface area contributed by atoms with E-state index >= 15 is 0 Å². The zero-order valence-corrected chi connectivity index (χ0v) is 15.0. The van der Waals surface area contributed by atoms with E-state index in [-0.39, 0.29) is 11.2 Å². The monoisotopic (exact) mass is 362 g/mol. The van der Waals surface area contributed by atoms with E-state index in [0.29, 0.717) is 34.5 Å². The molecule has 4 rings (SSSR count). The quantitative estimate of drug-likeness (QED) is 0.564. The SMILES string of the molecule is COc1cc(Cn2c3ccccc3c(=O)c3cccnc32)cc(OC)c1O. The van der Waals surface area contributed by atoms with Gasteiger partial charge >= 0.3 is 0 Å². The summed E-state index contributed by atoms with van der Waals surface area (Å²) in [5, 5.41) is 11.3. The van der Waals surface area contributed by atoms with E-state index < -0.39 is 0 Å². The van der Waals surface area contributed by atoms with Gasteiger partial charge in [-0.05, 0) is 42.0 Å². The van der Waals surface area contributed by atoms with Gasteiger partial charge in [-0.2, -0.15) is 0 Å². The molecule has 0 bridgehead atoms. The number of fused-ring (bicyclic) bond motifs is 2. The maximum atomic E-state index is 12.8. The number of para-hydroxylation sites is 1. The summed E-state index contributed by atoms with van der Waals surface area (Å²) in [4.78, 5) is 17.3. The predicted octanol–water partition coefficient (Wildman–Crippen LogP) is 3.32. The number of rotatable bonds is 4. The van der Waals surface area contributed by atoms with Gasteiger partial charge in [-0.15, -0.1) is 0 Å². The molecular weight excluding hydrogens is 344 g/mol. The molecule has 0 radical (unpaired) electrons. The second-order valence-electron chi connectivity index (χ2n) is 6.16. The standard InChI is InChI=1S/C21H18N2O4/c1-26-17-10-13(11-18(27-2)20(17)25)12-23-16-8-4-3-6-14(16)19(24)15-7-5-9-22-21(15)23/h3-11,25H,12H2,1-2H3. The van der Waals surface area contributed by atoms with Crippen LogP contribution in [0.2, 0.25) is 0 Å². The Kier molecular flexibility index (Phi) is 4.16. The Morgan fingerprint density at radius 1 is 1.00 bits per heavy atom. The normalized spacial score (nSPS) is 11.0. The third-order valence-electron chi connectivity index (χ3n) is 4.61. The number of methoxy groups -OCH3 is 2. The highest BCUT2D eigenvalue weighted by Crippen LogP contribution is 2.37. The lowest BCUT2D eigenvalue weighted by molar-refractivity contribution is 0.339. The zero-order chi connectivity index (χ0) is 19.0. The van der Waals surface area contributed by atoms with E-state index in [1.807, 2.05) is 28.8 Å². The molecule has 0 atom stereocenters. The highest BCUT2D eigenvalue weighted by atomic mass is 16.5. The van der Waals surface area contributed by atoms with E-state index in [0.717, 1.165) is 11.1 Å². The molecular formula is C21H18N2O4. The molecule has 4 aromatic rings. The van der Waals surface area contributed by atoms with Gasteiger partial charge < -0.3 is 19.1 Å². The number of phenolic OH excluding ortho intramolecular Hbond substituents is 1.